The number of hydrogen-bond donors (Lipinski definition) is 0. The number of rotatable bonds is 6. The van der Waals surface area contributed by atoms with Crippen LogP contribution < -0.4 is 0 Å². The minimum absolute atomic E-state index is 0.327. The monoisotopic (exact) mass is 271 g/mol. The van der Waals surface area contributed by atoms with Crippen LogP contribution in [0.5, 0.6) is 0 Å². The summed E-state index contributed by atoms with van der Waals surface area (Å²) in [6.07, 6.45) is 5.09. The van der Waals surface area contributed by atoms with Gasteiger partial charge in [0.1, 0.15) is 0 Å². The Labute approximate surface area is 122 Å². The van der Waals surface area contributed by atoms with Gasteiger partial charge in [0.05, 0.1) is 11.5 Å². The van der Waals surface area contributed by atoms with E-state index in [-0.39, 0.29) is 5.41 Å². The predicted octanol–water partition coefficient (Wildman–Crippen LogP) is 4.24. The number of hydrogen-bond acceptors (Lipinski definition) is 2. The van der Waals surface area contributed by atoms with Crippen molar-refractivity contribution < 1.29 is 4.74 Å². The molecule has 1 aromatic rings. The molecule has 20 heavy (non-hydrogen) atoms. The van der Waals surface area contributed by atoms with Gasteiger partial charge in [-0.05, 0) is 49.1 Å². The molecule has 1 aliphatic rings. The smallest absolute Gasteiger partial charge is 0.0847 e. The molecule has 1 atom stereocenters. The van der Waals surface area contributed by atoms with Gasteiger partial charge < -0.3 is 4.74 Å². The average molecular weight is 271 g/mol. The van der Waals surface area contributed by atoms with E-state index in [0.717, 1.165) is 38.7 Å². The fourth-order valence-corrected chi connectivity index (χ4v) is 3.02. The molecule has 0 saturated heterocycles. The first-order valence-corrected chi connectivity index (χ1v) is 7.75. The second-order valence-electron chi connectivity index (χ2n) is 6.25. The molecule has 108 valence electrons. The first-order chi connectivity index (χ1) is 9.68. The average Bonchev–Trinajstić information content (AvgIpc) is 2.46. The van der Waals surface area contributed by atoms with Crippen LogP contribution in [0.3, 0.4) is 0 Å². The van der Waals surface area contributed by atoms with Crippen molar-refractivity contribution in [1.82, 2.24) is 0 Å². The van der Waals surface area contributed by atoms with Crippen LogP contribution in [-0.4, -0.2) is 13.2 Å². The molecule has 0 aliphatic heterocycles. The van der Waals surface area contributed by atoms with Crippen molar-refractivity contribution >= 4 is 0 Å². The van der Waals surface area contributed by atoms with Crippen LogP contribution in [0.4, 0.5) is 0 Å². The van der Waals surface area contributed by atoms with E-state index in [1.54, 1.807) is 0 Å². The van der Waals surface area contributed by atoms with Crippen LogP contribution in [-0.2, 0) is 16.6 Å². The van der Waals surface area contributed by atoms with E-state index in [1.807, 2.05) is 0 Å². The molecule has 1 unspecified atom stereocenters. The van der Waals surface area contributed by atoms with E-state index in [9.17, 15) is 5.26 Å². The first kappa shape index (κ1) is 15.1. The molecule has 0 saturated carbocycles. The molecule has 0 N–H and O–H groups in total. The third-order valence-corrected chi connectivity index (χ3v) is 4.31. The van der Waals surface area contributed by atoms with Gasteiger partial charge in [-0.3, -0.25) is 0 Å². The standard InChI is InChI=1S/C18H25NO/c1-15(2)9-12-20-13-11-18(14-19)10-5-7-16-6-3-4-8-17(16)18/h3-4,6,8,15H,5,7,9-13H2,1-2H3. The third-order valence-electron chi connectivity index (χ3n) is 4.31. The maximum Gasteiger partial charge on any atom is 0.0847 e. The molecule has 0 bridgehead atoms. The first-order valence-electron chi connectivity index (χ1n) is 7.75. The lowest BCUT2D eigenvalue weighted by Crippen LogP contribution is -2.31. The Morgan fingerprint density at radius 3 is 2.85 bits per heavy atom. The highest BCUT2D eigenvalue weighted by Gasteiger charge is 2.36. The lowest BCUT2D eigenvalue weighted by Gasteiger charge is -2.33. The number of benzene rings is 1. The van der Waals surface area contributed by atoms with Gasteiger partial charge >= 0.3 is 0 Å². The molecule has 0 radical (unpaired) electrons. The van der Waals surface area contributed by atoms with Crippen LogP contribution in [0.25, 0.3) is 0 Å². The maximum absolute atomic E-state index is 9.73. The minimum atomic E-state index is -0.327. The molecule has 0 spiro atoms. The Kier molecular flexibility index (Phi) is 5.20. The predicted molar refractivity (Wildman–Crippen MR) is 81.6 cm³/mol. The summed E-state index contributed by atoms with van der Waals surface area (Å²) in [5.74, 6) is 0.676. The van der Waals surface area contributed by atoms with E-state index >= 15 is 0 Å². The highest BCUT2D eigenvalue weighted by molar-refractivity contribution is 5.41. The Bertz CT molecular complexity index is 475. The maximum atomic E-state index is 9.73. The number of nitrogens with zero attached hydrogens (tertiary/aromatic N) is 1. The zero-order valence-corrected chi connectivity index (χ0v) is 12.7. The van der Waals surface area contributed by atoms with Gasteiger partial charge in [0.25, 0.3) is 0 Å². The van der Waals surface area contributed by atoms with Crippen LogP contribution in [0.15, 0.2) is 24.3 Å². The number of fused-ring (bicyclic) bond motifs is 1. The summed E-state index contributed by atoms with van der Waals surface area (Å²) in [7, 11) is 0. The lowest BCUT2D eigenvalue weighted by atomic mass is 9.69. The molecule has 2 rings (SSSR count). The van der Waals surface area contributed by atoms with E-state index in [2.05, 4.69) is 44.2 Å². The normalized spacial score (nSPS) is 21.5. The fourth-order valence-electron chi connectivity index (χ4n) is 3.02. The van der Waals surface area contributed by atoms with Crippen LogP contribution in [0.2, 0.25) is 0 Å². The zero-order valence-electron chi connectivity index (χ0n) is 12.7. The number of nitriles is 1. The summed E-state index contributed by atoms with van der Waals surface area (Å²) in [4.78, 5) is 0. The molecule has 0 amide bonds. The molecule has 2 nitrogen and oxygen atoms in total. The summed E-state index contributed by atoms with van der Waals surface area (Å²) < 4.78 is 5.74. The van der Waals surface area contributed by atoms with E-state index in [4.69, 9.17) is 4.74 Å². The minimum Gasteiger partial charge on any atom is -0.381 e. The van der Waals surface area contributed by atoms with Crippen LogP contribution in [0.1, 0.15) is 50.7 Å². The van der Waals surface area contributed by atoms with Gasteiger partial charge in [-0.2, -0.15) is 5.26 Å². The highest BCUT2D eigenvalue weighted by atomic mass is 16.5. The zero-order chi connectivity index (χ0) is 14.4. The van der Waals surface area contributed by atoms with Crippen molar-refractivity contribution in [3.63, 3.8) is 0 Å². The molecular formula is C18H25NO. The van der Waals surface area contributed by atoms with E-state index in [1.165, 1.54) is 11.1 Å². The number of ether oxygens (including phenoxy) is 1. The Hall–Kier alpha value is -1.33. The Balaban J connectivity index is 1.99. The molecule has 1 aromatic carbocycles. The highest BCUT2D eigenvalue weighted by Crippen LogP contribution is 2.39. The SMILES string of the molecule is CC(C)CCOCCC1(C#N)CCCc2ccccc21. The Morgan fingerprint density at radius 2 is 2.10 bits per heavy atom. The second-order valence-corrected chi connectivity index (χ2v) is 6.25. The summed E-state index contributed by atoms with van der Waals surface area (Å²) in [5, 5.41) is 9.73. The van der Waals surface area contributed by atoms with Crippen molar-refractivity contribution in [2.45, 2.75) is 51.4 Å². The molecular weight excluding hydrogens is 246 g/mol. The van der Waals surface area contributed by atoms with Gasteiger partial charge in [0, 0.05) is 13.2 Å². The number of aryl methyl sites for hydroxylation is 1. The Morgan fingerprint density at radius 1 is 1.30 bits per heavy atom. The summed E-state index contributed by atoms with van der Waals surface area (Å²) in [6.45, 7) is 5.91. The van der Waals surface area contributed by atoms with Crippen LogP contribution in [0, 0.1) is 17.2 Å². The van der Waals surface area contributed by atoms with Crippen molar-refractivity contribution in [3.05, 3.63) is 35.4 Å². The topological polar surface area (TPSA) is 33.0 Å². The largest absolute Gasteiger partial charge is 0.381 e. The summed E-state index contributed by atoms with van der Waals surface area (Å²) >= 11 is 0. The quantitative estimate of drug-likeness (QED) is 0.725. The van der Waals surface area contributed by atoms with Gasteiger partial charge in [0.2, 0.25) is 0 Å². The van der Waals surface area contributed by atoms with Crippen molar-refractivity contribution in [3.8, 4) is 6.07 Å². The van der Waals surface area contributed by atoms with Gasteiger partial charge in [-0.15, -0.1) is 0 Å². The van der Waals surface area contributed by atoms with Crippen LogP contribution >= 0.6 is 0 Å². The van der Waals surface area contributed by atoms with Crippen molar-refractivity contribution in [1.29, 1.82) is 5.26 Å². The van der Waals surface area contributed by atoms with E-state index in [0.29, 0.717) is 12.5 Å². The van der Waals surface area contributed by atoms with Crippen molar-refractivity contribution in [2.24, 2.45) is 5.92 Å². The third kappa shape index (κ3) is 3.41. The van der Waals surface area contributed by atoms with E-state index < -0.39 is 0 Å². The van der Waals surface area contributed by atoms with Gasteiger partial charge in [-0.1, -0.05) is 38.1 Å². The molecule has 2 heteroatoms. The fraction of sp³-hybridized carbons (Fsp3) is 0.611. The summed E-state index contributed by atoms with van der Waals surface area (Å²) in [6, 6.07) is 11.0. The second kappa shape index (κ2) is 6.90. The molecule has 0 fully saturated rings. The molecule has 1 aliphatic carbocycles. The lowest BCUT2D eigenvalue weighted by molar-refractivity contribution is 0.109. The molecule has 0 aromatic heterocycles. The molecule has 0 heterocycles. The van der Waals surface area contributed by atoms with Gasteiger partial charge in [-0.25, -0.2) is 0 Å². The van der Waals surface area contributed by atoms with Crippen molar-refractivity contribution in [2.75, 3.05) is 13.2 Å². The van der Waals surface area contributed by atoms with Gasteiger partial charge in [0.15, 0.2) is 0 Å². The summed E-state index contributed by atoms with van der Waals surface area (Å²) in [5.41, 5.74) is 2.26.